The maximum absolute atomic E-state index is 5.83. The first-order valence-electron chi connectivity index (χ1n) is 9.65. The van der Waals surface area contributed by atoms with E-state index in [1.807, 2.05) is 24.4 Å². The molecule has 0 aromatic carbocycles. The van der Waals surface area contributed by atoms with E-state index in [1.165, 1.54) is 0 Å². The zero-order chi connectivity index (χ0) is 19.6. The third-order valence-corrected chi connectivity index (χ3v) is 4.65. The van der Waals surface area contributed by atoms with Crippen LogP contribution in [0.4, 0.5) is 5.82 Å². The number of hydrogen-bond acceptors (Lipinski definition) is 5. The highest BCUT2D eigenvalue weighted by Gasteiger charge is 2.15. The van der Waals surface area contributed by atoms with Crippen LogP contribution in [0, 0.1) is 0 Å². The molecule has 3 rings (SSSR count). The third kappa shape index (κ3) is 7.60. The van der Waals surface area contributed by atoms with E-state index in [2.05, 4.69) is 38.5 Å². The predicted octanol–water partition coefficient (Wildman–Crippen LogP) is 2.88. The van der Waals surface area contributed by atoms with Crippen LogP contribution in [0.5, 0.6) is 0 Å². The summed E-state index contributed by atoms with van der Waals surface area (Å²) in [6, 6.07) is 7.85. The summed E-state index contributed by atoms with van der Waals surface area (Å²) in [6.07, 6.45) is 4.49. The van der Waals surface area contributed by atoms with E-state index in [0.29, 0.717) is 11.7 Å². The Hall–Kier alpha value is -1.65. The van der Waals surface area contributed by atoms with Crippen LogP contribution in [0.3, 0.4) is 0 Å². The van der Waals surface area contributed by atoms with Gasteiger partial charge in [0.1, 0.15) is 11.0 Å². The van der Waals surface area contributed by atoms with Crippen molar-refractivity contribution in [2.24, 2.45) is 4.99 Å². The third-order valence-electron chi connectivity index (χ3n) is 4.42. The Morgan fingerprint density at radius 3 is 2.76 bits per heavy atom. The molecule has 1 aliphatic rings. The molecular formula is C20H28ClIN6O. The smallest absolute Gasteiger partial charge is 0.191 e. The zero-order valence-electron chi connectivity index (χ0n) is 16.6. The Bertz CT molecular complexity index is 768. The lowest BCUT2D eigenvalue weighted by molar-refractivity contribution is 0.122. The molecule has 0 bridgehead atoms. The standard InChI is InChI=1S/C20H27ClN6O.HI/c1-2-22-20(24-9-7-16-5-6-18(21)25-14-16)26-15-17-4-3-8-23-19(17)27-10-12-28-13-11-27;/h3-6,8,14H,2,7,9-13,15H2,1H3,(H2,22,24,26);1H. The van der Waals surface area contributed by atoms with Gasteiger partial charge in [-0.05, 0) is 31.0 Å². The van der Waals surface area contributed by atoms with Gasteiger partial charge in [-0.1, -0.05) is 23.7 Å². The topological polar surface area (TPSA) is 74.7 Å². The van der Waals surface area contributed by atoms with Crippen LogP contribution in [0.2, 0.25) is 5.15 Å². The molecule has 0 saturated carbocycles. The van der Waals surface area contributed by atoms with Crippen molar-refractivity contribution in [3.8, 4) is 0 Å². The minimum absolute atomic E-state index is 0. The zero-order valence-corrected chi connectivity index (χ0v) is 19.7. The normalized spacial score (nSPS) is 14.3. The maximum Gasteiger partial charge on any atom is 0.191 e. The van der Waals surface area contributed by atoms with Crippen LogP contribution < -0.4 is 15.5 Å². The van der Waals surface area contributed by atoms with Crippen molar-refractivity contribution in [1.29, 1.82) is 0 Å². The van der Waals surface area contributed by atoms with Crippen LogP contribution in [-0.2, 0) is 17.7 Å². The first kappa shape index (κ1) is 23.6. The fraction of sp³-hybridized carbons (Fsp3) is 0.450. The Kier molecular flexibility index (Phi) is 10.4. The Morgan fingerprint density at radius 2 is 2.03 bits per heavy atom. The van der Waals surface area contributed by atoms with Crippen LogP contribution in [0.15, 0.2) is 41.7 Å². The molecule has 7 nitrogen and oxygen atoms in total. The SMILES string of the molecule is CCNC(=NCc1cccnc1N1CCOCC1)NCCc1ccc(Cl)nc1.I. The van der Waals surface area contributed by atoms with Crippen LogP contribution in [-0.4, -0.2) is 55.3 Å². The molecule has 0 unspecified atom stereocenters. The van der Waals surface area contributed by atoms with Crippen LogP contribution >= 0.6 is 35.6 Å². The van der Waals surface area contributed by atoms with E-state index < -0.39 is 0 Å². The van der Waals surface area contributed by atoms with Crippen molar-refractivity contribution in [2.75, 3.05) is 44.3 Å². The second-order valence-electron chi connectivity index (χ2n) is 6.45. The second kappa shape index (κ2) is 12.8. The van der Waals surface area contributed by atoms with Gasteiger partial charge in [0.2, 0.25) is 0 Å². The highest BCUT2D eigenvalue weighted by molar-refractivity contribution is 14.0. The number of pyridine rings is 2. The lowest BCUT2D eigenvalue weighted by Gasteiger charge is -2.29. The summed E-state index contributed by atoms with van der Waals surface area (Å²) < 4.78 is 5.45. The van der Waals surface area contributed by atoms with Crippen molar-refractivity contribution >= 4 is 47.4 Å². The van der Waals surface area contributed by atoms with Crippen molar-refractivity contribution in [1.82, 2.24) is 20.6 Å². The number of halogens is 2. The van der Waals surface area contributed by atoms with Gasteiger partial charge < -0.3 is 20.3 Å². The van der Waals surface area contributed by atoms with Crippen molar-refractivity contribution in [3.05, 3.63) is 52.9 Å². The molecule has 0 aliphatic carbocycles. The van der Waals surface area contributed by atoms with Crippen LogP contribution in [0.25, 0.3) is 0 Å². The summed E-state index contributed by atoms with van der Waals surface area (Å²) in [7, 11) is 0. The van der Waals surface area contributed by atoms with Gasteiger partial charge in [0.05, 0.1) is 19.8 Å². The van der Waals surface area contributed by atoms with Crippen molar-refractivity contribution < 1.29 is 4.74 Å². The molecule has 158 valence electrons. The minimum Gasteiger partial charge on any atom is -0.378 e. The molecule has 0 amide bonds. The highest BCUT2D eigenvalue weighted by atomic mass is 127. The quantitative estimate of drug-likeness (QED) is 0.248. The van der Waals surface area contributed by atoms with Gasteiger partial charge >= 0.3 is 0 Å². The first-order valence-corrected chi connectivity index (χ1v) is 10.0. The largest absolute Gasteiger partial charge is 0.378 e. The number of ether oxygens (including phenoxy) is 1. The molecule has 1 aliphatic heterocycles. The number of guanidine groups is 1. The van der Waals surface area contributed by atoms with Crippen molar-refractivity contribution in [2.45, 2.75) is 19.9 Å². The number of rotatable bonds is 7. The predicted molar refractivity (Wildman–Crippen MR) is 128 cm³/mol. The van der Waals surface area contributed by atoms with Gasteiger partial charge in [-0.2, -0.15) is 0 Å². The summed E-state index contributed by atoms with van der Waals surface area (Å²) >= 11 is 5.83. The molecular weight excluding hydrogens is 503 g/mol. The molecule has 2 aromatic rings. The molecule has 0 spiro atoms. The Labute approximate surface area is 194 Å². The second-order valence-corrected chi connectivity index (χ2v) is 6.83. The molecule has 2 N–H and O–H groups in total. The number of hydrogen-bond donors (Lipinski definition) is 2. The summed E-state index contributed by atoms with van der Waals surface area (Å²) in [5, 5.41) is 7.19. The molecule has 2 aromatic heterocycles. The van der Waals surface area contributed by atoms with E-state index in [-0.39, 0.29) is 24.0 Å². The van der Waals surface area contributed by atoms with E-state index in [1.54, 1.807) is 6.20 Å². The van der Waals surface area contributed by atoms with Gasteiger partial charge in [-0.15, -0.1) is 24.0 Å². The molecule has 29 heavy (non-hydrogen) atoms. The summed E-state index contributed by atoms with van der Waals surface area (Å²) in [5.74, 6) is 1.79. The number of morpholine rings is 1. The lowest BCUT2D eigenvalue weighted by atomic mass is 10.2. The molecule has 3 heterocycles. The van der Waals surface area contributed by atoms with E-state index >= 15 is 0 Å². The van der Waals surface area contributed by atoms with Crippen LogP contribution in [0.1, 0.15) is 18.1 Å². The number of anilines is 1. The van der Waals surface area contributed by atoms with E-state index in [4.69, 9.17) is 21.3 Å². The number of aromatic nitrogens is 2. The monoisotopic (exact) mass is 530 g/mol. The summed E-state index contributed by atoms with van der Waals surface area (Å²) in [6.45, 7) is 7.40. The molecule has 1 fully saturated rings. The number of nitrogens with one attached hydrogen (secondary N) is 2. The van der Waals surface area contributed by atoms with E-state index in [0.717, 1.165) is 68.7 Å². The highest BCUT2D eigenvalue weighted by Crippen LogP contribution is 2.19. The molecule has 0 atom stereocenters. The number of aliphatic imine (C=N–C) groups is 1. The van der Waals surface area contributed by atoms with Crippen molar-refractivity contribution in [3.63, 3.8) is 0 Å². The molecule has 1 saturated heterocycles. The maximum atomic E-state index is 5.83. The Morgan fingerprint density at radius 1 is 1.21 bits per heavy atom. The summed E-state index contributed by atoms with van der Waals surface area (Å²) in [5.41, 5.74) is 2.25. The average Bonchev–Trinajstić information content (AvgIpc) is 2.74. The van der Waals surface area contributed by atoms with Gasteiger partial charge in [0.25, 0.3) is 0 Å². The van der Waals surface area contributed by atoms with Gasteiger partial charge in [0.15, 0.2) is 5.96 Å². The molecule has 0 radical (unpaired) electrons. The summed E-state index contributed by atoms with van der Waals surface area (Å²) in [4.78, 5) is 15.7. The fourth-order valence-corrected chi connectivity index (χ4v) is 3.11. The number of nitrogens with zero attached hydrogens (tertiary/aromatic N) is 4. The molecule has 9 heteroatoms. The van der Waals surface area contributed by atoms with Gasteiger partial charge in [-0.3, -0.25) is 0 Å². The lowest BCUT2D eigenvalue weighted by Crippen LogP contribution is -2.38. The Balaban J connectivity index is 0.00000300. The van der Waals surface area contributed by atoms with Gasteiger partial charge in [0, 0.05) is 44.1 Å². The van der Waals surface area contributed by atoms with Gasteiger partial charge in [-0.25, -0.2) is 15.0 Å². The first-order chi connectivity index (χ1) is 13.8. The minimum atomic E-state index is 0. The fourth-order valence-electron chi connectivity index (χ4n) is 3.00. The average molecular weight is 531 g/mol. The van der Waals surface area contributed by atoms with E-state index in [9.17, 15) is 0 Å².